The summed E-state index contributed by atoms with van der Waals surface area (Å²) in [5.41, 5.74) is 1.13. The molecule has 0 aliphatic heterocycles. The van der Waals surface area contributed by atoms with E-state index >= 15 is 0 Å². The normalized spacial score (nSPS) is 9.74. The number of hydrogen-bond donors (Lipinski definition) is 2. The van der Waals surface area contributed by atoms with E-state index < -0.39 is 5.97 Å². The molecule has 0 aliphatic carbocycles. The third-order valence-electron chi connectivity index (χ3n) is 2.25. The van der Waals surface area contributed by atoms with E-state index in [0.717, 1.165) is 0 Å². The van der Waals surface area contributed by atoms with Crippen molar-refractivity contribution >= 4 is 29.2 Å². The summed E-state index contributed by atoms with van der Waals surface area (Å²) in [6, 6.07) is 6.70. The van der Waals surface area contributed by atoms with E-state index in [4.69, 9.17) is 0 Å². The van der Waals surface area contributed by atoms with Gasteiger partial charge in [-0.15, -0.1) is 0 Å². The van der Waals surface area contributed by atoms with Gasteiger partial charge in [-0.25, -0.2) is 0 Å². The number of anilines is 2. The molecule has 0 heterocycles. The summed E-state index contributed by atoms with van der Waals surface area (Å²) in [6.45, 7) is 1.39. The highest BCUT2D eigenvalue weighted by Crippen LogP contribution is 2.15. The predicted molar refractivity (Wildman–Crippen MR) is 68.2 cm³/mol. The highest BCUT2D eigenvalue weighted by atomic mass is 16.4. The van der Waals surface area contributed by atoms with Crippen molar-refractivity contribution in [2.45, 2.75) is 26.2 Å². The number of benzene rings is 1. The maximum Gasteiger partial charge on any atom is 0.224 e. The molecule has 102 valence electrons. The van der Waals surface area contributed by atoms with E-state index in [1.165, 1.54) is 6.92 Å². The predicted octanol–water partition coefficient (Wildman–Crippen LogP) is 0.504. The lowest BCUT2D eigenvalue weighted by Crippen LogP contribution is -2.22. The number of carbonyl (C=O) groups excluding carboxylic acids is 3. The Hall–Kier alpha value is -2.37. The Bertz CT molecular complexity index is 485. The molecule has 0 unspecified atom stereocenters. The van der Waals surface area contributed by atoms with Crippen LogP contribution in [0.25, 0.3) is 0 Å². The first-order valence-corrected chi connectivity index (χ1v) is 5.84. The van der Waals surface area contributed by atoms with E-state index in [1.54, 1.807) is 24.3 Å². The number of carboxylic acids is 1. The van der Waals surface area contributed by atoms with Crippen LogP contribution in [0.2, 0.25) is 0 Å². The minimum atomic E-state index is -1.17. The van der Waals surface area contributed by atoms with Crippen molar-refractivity contribution in [2.24, 2.45) is 0 Å². The van der Waals surface area contributed by atoms with Gasteiger partial charge in [-0.2, -0.15) is 0 Å². The molecule has 1 aromatic rings. The van der Waals surface area contributed by atoms with Gasteiger partial charge in [0.15, 0.2) is 0 Å². The summed E-state index contributed by atoms with van der Waals surface area (Å²) >= 11 is 0. The second-order valence-electron chi connectivity index (χ2n) is 4.04. The lowest BCUT2D eigenvalue weighted by atomic mass is 10.2. The minimum absolute atomic E-state index is 0.109. The third-order valence-corrected chi connectivity index (χ3v) is 2.25. The van der Waals surface area contributed by atoms with E-state index in [2.05, 4.69) is 10.6 Å². The van der Waals surface area contributed by atoms with Crippen LogP contribution in [0.5, 0.6) is 0 Å². The fourth-order valence-corrected chi connectivity index (χ4v) is 1.49. The van der Waals surface area contributed by atoms with Crippen molar-refractivity contribution < 1.29 is 19.5 Å². The quantitative estimate of drug-likeness (QED) is 0.781. The van der Waals surface area contributed by atoms with Gasteiger partial charge < -0.3 is 20.5 Å². The van der Waals surface area contributed by atoms with Gasteiger partial charge in [0.2, 0.25) is 11.8 Å². The molecule has 1 aromatic carbocycles. The highest BCUT2D eigenvalue weighted by Gasteiger charge is 2.03. The van der Waals surface area contributed by atoms with E-state index in [1.807, 2.05) is 0 Å². The van der Waals surface area contributed by atoms with Crippen molar-refractivity contribution in [3.05, 3.63) is 24.3 Å². The van der Waals surface area contributed by atoms with E-state index in [0.29, 0.717) is 11.4 Å². The van der Waals surface area contributed by atoms with Crippen molar-refractivity contribution in [3.8, 4) is 0 Å². The Kier molecular flexibility index (Phi) is 5.53. The Balaban J connectivity index is 2.49. The van der Waals surface area contributed by atoms with Crippen LogP contribution in [-0.2, 0) is 14.4 Å². The lowest BCUT2D eigenvalue weighted by Gasteiger charge is -2.08. The van der Waals surface area contributed by atoms with Crippen molar-refractivity contribution in [1.29, 1.82) is 0 Å². The number of carboxylic acid groups (broad SMARTS) is 1. The zero-order chi connectivity index (χ0) is 14.3. The summed E-state index contributed by atoms with van der Waals surface area (Å²) in [6.07, 6.45) is 0.206. The topological polar surface area (TPSA) is 98.3 Å². The molecule has 0 aliphatic rings. The second-order valence-corrected chi connectivity index (χ2v) is 4.04. The van der Waals surface area contributed by atoms with Crippen LogP contribution in [0.1, 0.15) is 26.2 Å². The molecule has 0 fully saturated rings. The fourth-order valence-electron chi connectivity index (χ4n) is 1.49. The van der Waals surface area contributed by atoms with Crippen LogP contribution in [0.15, 0.2) is 24.3 Å². The summed E-state index contributed by atoms with van der Waals surface area (Å²) < 4.78 is 0. The molecule has 0 spiro atoms. The van der Waals surface area contributed by atoms with Crippen LogP contribution in [0.4, 0.5) is 11.4 Å². The van der Waals surface area contributed by atoms with E-state index in [9.17, 15) is 19.5 Å². The number of rotatable bonds is 6. The molecule has 0 saturated heterocycles. The second kappa shape index (κ2) is 7.15. The summed E-state index contributed by atoms with van der Waals surface area (Å²) in [5, 5.41) is 15.4. The Morgan fingerprint density at radius 1 is 1.11 bits per heavy atom. The largest absolute Gasteiger partial charge is 0.550 e. The van der Waals surface area contributed by atoms with Crippen molar-refractivity contribution in [3.63, 3.8) is 0 Å². The lowest BCUT2D eigenvalue weighted by molar-refractivity contribution is -0.305. The average Bonchev–Trinajstić information content (AvgIpc) is 2.27. The molecule has 0 aromatic heterocycles. The summed E-state index contributed by atoms with van der Waals surface area (Å²) in [7, 11) is 0. The van der Waals surface area contributed by atoms with Crippen LogP contribution >= 0.6 is 0 Å². The smallest absolute Gasteiger partial charge is 0.224 e. The fraction of sp³-hybridized carbons (Fsp3) is 0.308. The molecular weight excluding hydrogens is 248 g/mol. The van der Waals surface area contributed by atoms with Gasteiger partial charge in [0.05, 0.1) is 0 Å². The molecule has 6 heteroatoms. The Morgan fingerprint density at radius 3 is 2.32 bits per heavy atom. The third kappa shape index (κ3) is 6.21. The summed E-state index contributed by atoms with van der Waals surface area (Å²) in [4.78, 5) is 32.6. The van der Waals surface area contributed by atoms with Gasteiger partial charge in [-0.05, 0) is 31.0 Å². The van der Waals surface area contributed by atoms with E-state index in [-0.39, 0.29) is 31.1 Å². The SMILES string of the molecule is CC(=O)Nc1cccc(NC(=O)CCCC(=O)[O-])c1. The zero-order valence-electron chi connectivity index (χ0n) is 10.6. The zero-order valence-corrected chi connectivity index (χ0v) is 10.6. The maximum absolute atomic E-state index is 11.5. The standard InChI is InChI=1S/C13H16N2O4/c1-9(16)14-10-4-2-5-11(8-10)15-12(17)6-3-7-13(18)19/h2,4-5,8H,3,6-7H2,1H3,(H,14,16)(H,15,17)(H,18,19)/p-1. The van der Waals surface area contributed by atoms with Crippen LogP contribution < -0.4 is 15.7 Å². The van der Waals surface area contributed by atoms with Gasteiger partial charge in [0.25, 0.3) is 0 Å². The van der Waals surface area contributed by atoms with Gasteiger partial charge in [-0.1, -0.05) is 6.07 Å². The van der Waals surface area contributed by atoms with Crippen LogP contribution in [-0.4, -0.2) is 17.8 Å². The number of carbonyl (C=O) groups is 3. The van der Waals surface area contributed by atoms with Gasteiger partial charge in [-0.3, -0.25) is 9.59 Å². The molecule has 0 saturated carbocycles. The molecule has 0 bridgehead atoms. The van der Waals surface area contributed by atoms with Gasteiger partial charge in [0.1, 0.15) is 0 Å². The van der Waals surface area contributed by atoms with Crippen LogP contribution in [0, 0.1) is 0 Å². The number of nitrogens with one attached hydrogen (secondary N) is 2. The average molecular weight is 263 g/mol. The molecule has 0 radical (unpaired) electrons. The first kappa shape index (κ1) is 14.7. The minimum Gasteiger partial charge on any atom is -0.550 e. The molecule has 19 heavy (non-hydrogen) atoms. The molecule has 0 atom stereocenters. The van der Waals surface area contributed by atoms with Crippen molar-refractivity contribution in [2.75, 3.05) is 10.6 Å². The molecule has 1 rings (SSSR count). The summed E-state index contributed by atoms with van der Waals surface area (Å²) in [5.74, 6) is -1.64. The number of hydrogen-bond acceptors (Lipinski definition) is 4. The molecule has 6 nitrogen and oxygen atoms in total. The molecule has 2 N–H and O–H groups in total. The van der Waals surface area contributed by atoms with Gasteiger partial charge in [0, 0.05) is 30.7 Å². The van der Waals surface area contributed by atoms with Crippen molar-refractivity contribution in [1.82, 2.24) is 0 Å². The first-order valence-electron chi connectivity index (χ1n) is 5.84. The monoisotopic (exact) mass is 263 g/mol. The molecular formula is C13H15N2O4-. The van der Waals surface area contributed by atoms with Crippen LogP contribution in [0.3, 0.4) is 0 Å². The Morgan fingerprint density at radius 2 is 1.74 bits per heavy atom. The number of aliphatic carboxylic acids is 1. The highest BCUT2D eigenvalue weighted by molar-refractivity contribution is 5.93. The first-order chi connectivity index (χ1) is 8.97. The number of amides is 2. The van der Waals surface area contributed by atoms with Gasteiger partial charge >= 0.3 is 0 Å². The Labute approximate surface area is 110 Å². The molecule has 2 amide bonds. The maximum atomic E-state index is 11.5.